The van der Waals surface area contributed by atoms with E-state index in [1.54, 1.807) is 0 Å². The van der Waals surface area contributed by atoms with E-state index in [0.717, 1.165) is 30.0 Å². The Kier molecular flexibility index (Phi) is 2.75. The lowest BCUT2D eigenvalue weighted by molar-refractivity contribution is 0.281. The van der Waals surface area contributed by atoms with Crippen LogP contribution < -0.4 is 0 Å². The summed E-state index contributed by atoms with van der Waals surface area (Å²) in [5, 5.41) is 9.52. The van der Waals surface area contributed by atoms with Gasteiger partial charge >= 0.3 is 0 Å². The number of halogens is 1. The van der Waals surface area contributed by atoms with Crippen molar-refractivity contribution in [2.24, 2.45) is 5.92 Å². The summed E-state index contributed by atoms with van der Waals surface area (Å²) in [6.45, 7) is 2.23. The Labute approximate surface area is 88.9 Å². The SMILES string of the molecule is CC1CCc2nc(Cl)c(CO)cc2C1. The third-order valence-electron chi connectivity index (χ3n) is 2.83. The van der Waals surface area contributed by atoms with Crippen molar-refractivity contribution >= 4 is 11.6 Å². The first kappa shape index (κ1) is 9.94. The highest BCUT2D eigenvalue weighted by Gasteiger charge is 2.18. The van der Waals surface area contributed by atoms with Crippen LogP contribution in [0.3, 0.4) is 0 Å². The predicted molar refractivity (Wildman–Crippen MR) is 56.4 cm³/mol. The number of aliphatic hydroxyl groups excluding tert-OH is 1. The summed E-state index contributed by atoms with van der Waals surface area (Å²) < 4.78 is 0. The standard InChI is InChI=1S/C11H14ClNO/c1-7-2-3-10-8(4-7)5-9(6-14)11(12)13-10/h5,7,14H,2-4,6H2,1H3. The first-order chi connectivity index (χ1) is 6.70. The molecular weight excluding hydrogens is 198 g/mol. The molecule has 3 heteroatoms. The molecule has 1 aromatic rings. The van der Waals surface area contributed by atoms with Gasteiger partial charge in [-0.15, -0.1) is 0 Å². The van der Waals surface area contributed by atoms with E-state index in [9.17, 15) is 0 Å². The van der Waals surface area contributed by atoms with Gasteiger partial charge in [-0.2, -0.15) is 0 Å². The largest absolute Gasteiger partial charge is 0.392 e. The number of rotatable bonds is 1. The van der Waals surface area contributed by atoms with Gasteiger partial charge in [0.1, 0.15) is 5.15 Å². The Morgan fingerprint density at radius 2 is 2.43 bits per heavy atom. The summed E-state index contributed by atoms with van der Waals surface area (Å²) in [5.41, 5.74) is 3.13. The number of aromatic nitrogens is 1. The lowest BCUT2D eigenvalue weighted by Crippen LogP contribution is -2.13. The van der Waals surface area contributed by atoms with Crippen LogP contribution in [-0.4, -0.2) is 10.1 Å². The summed E-state index contributed by atoms with van der Waals surface area (Å²) in [6, 6.07) is 2.00. The van der Waals surface area contributed by atoms with Crippen molar-refractivity contribution in [1.82, 2.24) is 4.98 Å². The maximum absolute atomic E-state index is 9.06. The Bertz CT molecular complexity index is 351. The third-order valence-corrected chi connectivity index (χ3v) is 3.16. The molecule has 0 spiro atoms. The normalized spacial score (nSPS) is 20.6. The molecule has 1 unspecified atom stereocenters. The molecule has 0 radical (unpaired) electrons. The molecule has 0 saturated carbocycles. The molecule has 1 heterocycles. The second-order valence-electron chi connectivity index (χ2n) is 4.05. The number of pyridine rings is 1. The lowest BCUT2D eigenvalue weighted by atomic mass is 9.87. The number of hydrogen-bond donors (Lipinski definition) is 1. The molecule has 14 heavy (non-hydrogen) atoms. The Balaban J connectivity index is 2.41. The highest BCUT2D eigenvalue weighted by atomic mass is 35.5. The van der Waals surface area contributed by atoms with Crippen molar-refractivity contribution in [3.05, 3.63) is 28.0 Å². The zero-order valence-corrected chi connectivity index (χ0v) is 9.01. The molecule has 0 bridgehead atoms. The minimum atomic E-state index is -0.0203. The monoisotopic (exact) mass is 211 g/mol. The number of fused-ring (bicyclic) bond motifs is 1. The summed E-state index contributed by atoms with van der Waals surface area (Å²) >= 11 is 5.93. The molecule has 1 N–H and O–H groups in total. The fourth-order valence-electron chi connectivity index (χ4n) is 1.98. The van der Waals surface area contributed by atoms with Crippen LogP contribution in [-0.2, 0) is 19.4 Å². The molecule has 0 aliphatic heterocycles. The van der Waals surface area contributed by atoms with Crippen LogP contribution in [0.25, 0.3) is 0 Å². The maximum Gasteiger partial charge on any atom is 0.134 e. The van der Waals surface area contributed by atoms with Crippen LogP contribution >= 0.6 is 11.6 Å². The molecule has 1 aliphatic carbocycles. The highest BCUT2D eigenvalue weighted by Crippen LogP contribution is 2.27. The van der Waals surface area contributed by atoms with E-state index in [-0.39, 0.29) is 6.61 Å². The molecule has 0 saturated heterocycles. The molecule has 2 nitrogen and oxygen atoms in total. The molecule has 0 aromatic carbocycles. The van der Waals surface area contributed by atoms with Gasteiger partial charge < -0.3 is 5.11 Å². The van der Waals surface area contributed by atoms with Crippen molar-refractivity contribution in [3.63, 3.8) is 0 Å². The van der Waals surface area contributed by atoms with Crippen LogP contribution in [0.5, 0.6) is 0 Å². The van der Waals surface area contributed by atoms with E-state index in [4.69, 9.17) is 16.7 Å². The maximum atomic E-state index is 9.06. The van der Waals surface area contributed by atoms with Gasteiger partial charge in [-0.05, 0) is 36.8 Å². The Morgan fingerprint density at radius 3 is 3.14 bits per heavy atom. The summed E-state index contributed by atoms with van der Waals surface area (Å²) in [4.78, 5) is 4.32. The highest BCUT2D eigenvalue weighted by molar-refractivity contribution is 6.30. The van der Waals surface area contributed by atoms with Crippen molar-refractivity contribution in [2.75, 3.05) is 0 Å². The average Bonchev–Trinajstić information content (AvgIpc) is 2.17. The average molecular weight is 212 g/mol. The molecule has 1 aliphatic rings. The predicted octanol–water partition coefficient (Wildman–Crippen LogP) is 2.35. The van der Waals surface area contributed by atoms with E-state index in [0.29, 0.717) is 5.15 Å². The van der Waals surface area contributed by atoms with E-state index in [2.05, 4.69) is 11.9 Å². The topological polar surface area (TPSA) is 33.1 Å². The van der Waals surface area contributed by atoms with Crippen molar-refractivity contribution < 1.29 is 5.11 Å². The molecule has 76 valence electrons. The second kappa shape index (κ2) is 3.87. The summed E-state index contributed by atoms with van der Waals surface area (Å²) in [6.07, 6.45) is 3.27. The minimum Gasteiger partial charge on any atom is -0.392 e. The van der Waals surface area contributed by atoms with Gasteiger partial charge in [-0.3, -0.25) is 0 Å². The van der Waals surface area contributed by atoms with Crippen LogP contribution in [0.2, 0.25) is 5.15 Å². The second-order valence-corrected chi connectivity index (χ2v) is 4.41. The molecule has 0 amide bonds. The molecule has 0 fully saturated rings. The Hall–Kier alpha value is -0.600. The van der Waals surface area contributed by atoms with Gasteiger partial charge in [-0.1, -0.05) is 18.5 Å². The van der Waals surface area contributed by atoms with E-state index in [1.807, 2.05) is 6.07 Å². The van der Waals surface area contributed by atoms with Gasteiger partial charge in [-0.25, -0.2) is 4.98 Å². The van der Waals surface area contributed by atoms with Crippen LogP contribution in [0.15, 0.2) is 6.07 Å². The Morgan fingerprint density at radius 1 is 1.64 bits per heavy atom. The first-order valence-electron chi connectivity index (χ1n) is 4.98. The van der Waals surface area contributed by atoms with Crippen molar-refractivity contribution in [2.45, 2.75) is 32.8 Å². The zero-order chi connectivity index (χ0) is 10.1. The lowest BCUT2D eigenvalue weighted by Gasteiger charge is -2.21. The first-order valence-corrected chi connectivity index (χ1v) is 5.36. The minimum absolute atomic E-state index is 0.0203. The van der Waals surface area contributed by atoms with Gasteiger partial charge in [0, 0.05) is 11.3 Å². The van der Waals surface area contributed by atoms with Crippen molar-refractivity contribution in [1.29, 1.82) is 0 Å². The summed E-state index contributed by atoms with van der Waals surface area (Å²) in [7, 11) is 0. The van der Waals surface area contributed by atoms with Gasteiger partial charge in [0.15, 0.2) is 0 Å². The van der Waals surface area contributed by atoms with Gasteiger partial charge in [0.2, 0.25) is 0 Å². The van der Waals surface area contributed by atoms with Gasteiger partial charge in [0.25, 0.3) is 0 Å². The smallest absolute Gasteiger partial charge is 0.134 e. The molecule has 1 aromatic heterocycles. The van der Waals surface area contributed by atoms with Crippen LogP contribution in [0, 0.1) is 5.92 Å². The fraction of sp³-hybridized carbons (Fsp3) is 0.545. The molecular formula is C11H14ClNO. The number of aryl methyl sites for hydroxylation is 1. The quantitative estimate of drug-likeness (QED) is 0.724. The van der Waals surface area contributed by atoms with E-state index >= 15 is 0 Å². The number of nitrogens with zero attached hydrogens (tertiary/aromatic N) is 1. The molecule has 2 rings (SSSR count). The molecule has 1 atom stereocenters. The summed E-state index contributed by atoms with van der Waals surface area (Å²) in [5.74, 6) is 0.719. The third kappa shape index (κ3) is 1.77. The van der Waals surface area contributed by atoms with E-state index < -0.39 is 0 Å². The van der Waals surface area contributed by atoms with Crippen LogP contribution in [0.1, 0.15) is 30.2 Å². The number of hydrogen-bond acceptors (Lipinski definition) is 2. The van der Waals surface area contributed by atoms with Crippen LogP contribution in [0.4, 0.5) is 0 Å². The zero-order valence-electron chi connectivity index (χ0n) is 8.26. The van der Waals surface area contributed by atoms with E-state index in [1.165, 1.54) is 12.0 Å². The van der Waals surface area contributed by atoms with Crippen molar-refractivity contribution in [3.8, 4) is 0 Å². The van der Waals surface area contributed by atoms with Gasteiger partial charge in [0.05, 0.1) is 6.61 Å². The fourth-order valence-corrected chi connectivity index (χ4v) is 2.20. The number of aliphatic hydroxyl groups is 1.